The lowest BCUT2D eigenvalue weighted by atomic mass is 9.92. The van der Waals surface area contributed by atoms with Gasteiger partial charge in [0.15, 0.2) is 0 Å². The van der Waals surface area contributed by atoms with E-state index in [1.54, 1.807) is 54.6 Å². The number of nitrogens with one attached hydrogen (secondary N) is 2. The summed E-state index contributed by atoms with van der Waals surface area (Å²) in [5, 5.41) is 5.54. The fourth-order valence-corrected chi connectivity index (χ4v) is 3.65. The molecule has 136 valence electrons. The van der Waals surface area contributed by atoms with E-state index in [1.807, 2.05) is 0 Å². The van der Waals surface area contributed by atoms with Crippen molar-refractivity contribution in [1.82, 2.24) is 10.6 Å². The van der Waals surface area contributed by atoms with Gasteiger partial charge in [-0.3, -0.25) is 14.9 Å². The van der Waals surface area contributed by atoms with Gasteiger partial charge in [0, 0.05) is 12.1 Å². The molecule has 0 saturated carbocycles. The average Bonchev–Trinajstić information content (AvgIpc) is 3.07. The Bertz CT molecular complexity index is 1020. The van der Waals surface area contributed by atoms with Crippen molar-refractivity contribution in [2.75, 3.05) is 11.4 Å². The fourth-order valence-electron chi connectivity index (χ4n) is 3.34. The molecule has 0 aromatic heterocycles. The van der Waals surface area contributed by atoms with E-state index in [9.17, 15) is 14.4 Å². The summed E-state index contributed by atoms with van der Waals surface area (Å²) in [5.74, 6) is -1.16. The van der Waals surface area contributed by atoms with E-state index in [-0.39, 0.29) is 6.54 Å². The number of benzene rings is 2. The van der Waals surface area contributed by atoms with E-state index in [4.69, 9.17) is 23.2 Å². The van der Waals surface area contributed by atoms with Gasteiger partial charge in [-0.05, 0) is 23.8 Å². The van der Waals surface area contributed by atoms with Gasteiger partial charge in [-0.1, -0.05) is 59.6 Å². The second kappa shape index (κ2) is 6.40. The predicted molar refractivity (Wildman–Crippen MR) is 103 cm³/mol. The Morgan fingerprint density at radius 3 is 2.52 bits per heavy atom. The van der Waals surface area contributed by atoms with Gasteiger partial charge < -0.3 is 10.2 Å². The van der Waals surface area contributed by atoms with Gasteiger partial charge in [0.05, 0.1) is 15.7 Å². The average molecular weight is 402 g/mol. The maximum Gasteiger partial charge on any atom is 0.323 e. The molecule has 1 spiro atoms. The molecule has 1 saturated heterocycles. The van der Waals surface area contributed by atoms with Gasteiger partial charge >= 0.3 is 6.03 Å². The van der Waals surface area contributed by atoms with Crippen LogP contribution in [0, 0.1) is 0 Å². The molecule has 8 heteroatoms. The lowest BCUT2D eigenvalue weighted by Gasteiger charge is -2.20. The minimum absolute atomic E-state index is 0.223. The number of hydrogen-bond donors (Lipinski definition) is 2. The monoisotopic (exact) mass is 401 g/mol. The molecule has 4 amide bonds. The minimum atomic E-state index is -1.70. The number of urea groups is 1. The number of para-hydroxylation sites is 1. The van der Waals surface area contributed by atoms with Gasteiger partial charge in [0.2, 0.25) is 5.54 Å². The van der Waals surface area contributed by atoms with Crippen molar-refractivity contribution in [2.24, 2.45) is 0 Å². The molecule has 2 aromatic carbocycles. The summed E-state index contributed by atoms with van der Waals surface area (Å²) in [5.41, 5.74) is 0.163. The molecular formula is C19H13Cl2N3O3. The zero-order chi connectivity index (χ0) is 19.2. The second-order valence-corrected chi connectivity index (χ2v) is 6.98. The van der Waals surface area contributed by atoms with Gasteiger partial charge in [0.25, 0.3) is 11.8 Å². The number of hydrogen-bond acceptors (Lipinski definition) is 3. The molecule has 2 aliphatic rings. The normalized spacial score (nSPS) is 21.1. The molecule has 6 nitrogen and oxygen atoms in total. The third kappa shape index (κ3) is 2.69. The summed E-state index contributed by atoms with van der Waals surface area (Å²) >= 11 is 11.9. The van der Waals surface area contributed by atoms with Gasteiger partial charge in [-0.25, -0.2) is 4.79 Å². The topological polar surface area (TPSA) is 78.5 Å². The molecule has 2 heterocycles. The molecule has 1 atom stereocenters. The van der Waals surface area contributed by atoms with E-state index >= 15 is 0 Å². The van der Waals surface area contributed by atoms with Crippen molar-refractivity contribution in [3.63, 3.8) is 0 Å². The van der Waals surface area contributed by atoms with Gasteiger partial charge in [-0.15, -0.1) is 0 Å². The highest BCUT2D eigenvalue weighted by Crippen LogP contribution is 2.41. The summed E-state index contributed by atoms with van der Waals surface area (Å²) < 4.78 is 0. The summed E-state index contributed by atoms with van der Waals surface area (Å²) in [6.07, 6.45) is 3.58. The smallest absolute Gasteiger partial charge is 0.312 e. The highest BCUT2D eigenvalue weighted by molar-refractivity contribution is 6.42. The van der Waals surface area contributed by atoms with Crippen molar-refractivity contribution in [2.45, 2.75) is 5.54 Å². The molecule has 0 bridgehead atoms. The molecule has 27 heavy (non-hydrogen) atoms. The molecular weight excluding hydrogens is 389 g/mol. The Morgan fingerprint density at radius 1 is 1.04 bits per heavy atom. The Balaban J connectivity index is 1.65. The highest BCUT2D eigenvalue weighted by Gasteiger charge is 2.60. The molecule has 0 aliphatic carbocycles. The van der Waals surface area contributed by atoms with Crippen LogP contribution in [-0.2, 0) is 15.1 Å². The van der Waals surface area contributed by atoms with E-state index < -0.39 is 23.4 Å². The first-order valence-electron chi connectivity index (χ1n) is 8.10. The van der Waals surface area contributed by atoms with Crippen molar-refractivity contribution in [3.8, 4) is 0 Å². The Kier molecular flexibility index (Phi) is 4.17. The van der Waals surface area contributed by atoms with Crippen molar-refractivity contribution < 1.29 is 14.4 Å². The van der Waals surface area contributed by atoms with Crippen molar-refractivity contribution >= 4 is 52.8 Å². The van der Waals surface area contributed by atoms with Crippen LogP contribution in [0.25, 0.3) is 6.08 Å². The van der Waals surface area contributed by atoms with E-state index in [2.05, 4.69) is 10.6 Å². The number of anilines is 1. The fraction of sp³-hybridized carbons (Fsp3) is 0.105. The molecule has 4 rings (SSSR count). The van der Waals surface area contributed by atoms with Crippen LogP contribution in [0.3, 0.4) is 0 Å². The number of carbonyl (C=O) groups is 3. The van der Waals surface area contributed by atoms with E-state index in [0.29, 0.717) is 21.3 Å². The zero-order valence-corrected chi connectivity index (χ0v) is 15.3. The van der Waals surface area contributed by atoms with Crippen molar-refractivity contribution in [3.05, 3.63) is 69.7 Å². The number of halogens is 2. The Hall–Kier alpha value is -2.83. The van der Waals surface area contributed by atoms with Crippen LogP contribution >= 0.6 is 23.2 Å². The van der Waals surface area contributed by atoms with E-state index in [0.717, 1.165) is 5.56 Å². The summed E-state index contributed by atoms with van der Waals surface area (Å²) in [6, 6.07) is 11.4. The summed E-state index contributed by atoms with van der Waals surface area (Å²) in [6.45, 7) is 0.223. The number of nitrogens with zero attached hydrogens (tertiary/aromatic N) is 1. The summed E-state index contributed by atoms with van der Waals surface area (Å²) in [4.78, 5) is 38.6. The molecule has 1 fully saturated rings. The van der Waals surface area contributed by atoms with Crippen molar-refractivity contribution in [1.29, 1.82) is 0 Å². The zero-order valence-electron chi connectivity index (χ0n) is 13.8. The standard InChI is InChI=1S/C19H13Cl2N3O3/c20-13-8-7-11(10-14(13)21)4-3-9-24-15-6-2-1-5-12(15)19(17(24)26)16(25)22-18(27)23-19/h1-8,10H,9H2,(H2,22,23,25,27)/b4-3+/t19-/m1/s1. The molecule has 2 N–H and O–H groups in total. The minimum Gasteiger partial charge on any atom is -0.312 e. The maximum absolute atomic E-state index is 13.1. The highest BCUT2D eigenvalue weighted by atomic mass is 35.5. The van der Waals surface area contributed by atoms with Gasteiger partial charge in [0.1, 0.15) is 0 Å². The van der Waals surface area contributed by atoms with Crippen LogP contribution in [0.1, 0.15) is 11.1 Å². The summed E-state index contributed by atoms with van der Waals surface area (Å²) in [7, 11) is 0. The van der Waals surface area contributed by atoms with Crippen LogP contribution in [0.2, 0.25) is 10.0 Å². The first-order valence-corrected chi connectivity index (χ1v) is 8.86. The van der Waals surface area contributed by atoms with Crippen LogP contribution in [0.15, 0.2) is 48.5 Å². The molecule has 2 aliphatic heterocycles. The number of carbonyl (C=O) groups excluding carboxylic acids is 3. The molecule has 0 unspecified atom stereocenters. The lowest BCUT2D eigenvalue weighted by molar-refractivity contribution is -0.133. The first kappa shape index (κ1) is 17.6. The largest absolute Gasteiger partial charge is 0.323 e. The second-order valence-electron chi connectivity index (χ2n) is 6.17. The van der Waals surface area contributed by atoms with E-state index in [1.165, 1.54) is 4.90 Å². The van der Waals surface area contributed by atoms with Crippen LogP contribution in [-0.4, -0.2) is 24.4 Å². The first-order chi connectivity index (χ1) is 12.9. The maximum atomic E-state index is 13.1. The molecule has 2 aromatic rings. The number of imide groups is 1. The number of amides is 4. The van der Waals surface area contributed by atoms with Crippen LogP contribution in [0.4, 0.5) is 10.5 Å². The number of rotatable bonds is 3. The predicted octanol–water partition coefficient (Wildman–Crippen LogP) is 3.09. The lowest BCUT2D eigenvalue weighted by Crippen LogP contribution is -2.52. The Morgan fingerprint density at radius 2 is 1.81 bits per heavy atom. The number of fused-ring (bicyclic) bond motifs is 2. The Labute approximate surface area is 164 Å². The molecule has 0 radical (unpaired) electrons. The van der Waals surface area contributed by atoms with Crippen LogP contribution < -0.4 is 15.5 Å². The SMILES string of the molecule is O=C1NC(=O)[C@@]2(N1)C(=O)N(C/C=C/c1ccc(Cl)c(Cl)c1)c1ccccc12. The van der Waals surface area contributed by atoms with Crippen LogP contribution in [0.5, 0.6) is 0 Å². The van der Waals surface area contributed by atoms with Gasteiger partial charge in [-0.2, -0.15) is 0 Å². The third-order valence-electron chi connectivity index (χ3n) is 4.58. The third-order valence-corrected chi connectivity index (χ3v) is 5.31. The quantitative estimate of drug-likeness (QED) is 0.612.